The van der Waals surface area contributed by atoms with E-state index in [1.54, 1.807) is 0 Å². The van der Waals surface area contributed by atoms with E-state index in [1.165, 1.54) is 6.07 Å². The van der Waals surface area contributed by atoms with Crippen LogP contribution in [0, 0.1) is 10.1 Å². The minimum absolute atomic E-state index is 0.123. The van der Waals surface area contributed by atoms with E-state index < -0.39 is 97.3 Å². The Bertz CT molecular complexity index is 1300. The van der Waals surface area contributed by atoms with Gasteiger partial charge in [-0.3, -0.25) is 15.4 Å². The number of alkyl halides is 2. The van der Waals surface area contributed by atoms with Crippen LogP contribution in [0.15, 0.2) is 47.9 Å². The Morgan fingerprint density at radius 3 is 2.44 bits per heavy atom. The Kier molecular flexibility index (Phi) is 9.57. The van der Waals surface area contributed by atoms with Crippen molar-refractivity contribution in [3.8, 4) is 5.75 Å². The summed E-state index contributed by atoms with van der Waals surface area (Å²) in [4.78, 5) is 27.8. The van der Waals surface area contributed by atoms with Crippen molar-refractivity contribution in [1.29, 1.82) is 0 Å². The summed E-state index contributed by atoms with van der Waals surface area (Å²) in [6.07, 6.45) is -13.0. The number of nitro benzene ring substituents is 1. The summed E-state index contributed by atoms with van der Waals surface area (Å²) in [7, 11) is 0. The topological polar surface area (TPSA) is 246 Å². The molecule has 1 amide bonds. The lowest BCUT2D eigenvalue weighted by molar-refractivity contribution is -0.387. The van der Waals surface area contributed by atoms with E-state index in [1.807, 2.05) is 0 Å². The van der Waals surface area contributed by atoms with E-state index in [0.717, 1.165) is 29.3 Å². The van der Waals surface area contributed by atoms with Crippen molar-refractivity contribution in [3.63, 3.8) is 0 Å². The molecule has 7 N–H and O–H groups in total. The van der Waals surface area contributed by atoms with Crippen LogP contribution in [0.1, 0.15) is 5.56 Å². The summed E-state index contributed by atoms with van der Waals surface area (Å²) in [5.41, 5.74) is -0.508. The smallest absolute Gasteiger partial charge is 0.413 e. The summed E-state index contributed by atoms with van der Waals surface area (Å²) in [6.45, 7) is 1.46. The molecule has 0 aliphatic carbocycles. The minimum Gasteiger partial charge on any atom is -0.455 e. The second-order valence-electron chi connectivity index (χ2n) is 9.54. The van der Waals surface area contributed by atoms with Gasteiger partial charge >= 0.3 is 17.7 Å². The van der Waals surface area contributed by atoms with E-state index in [2.05, 4.69) is 16.9 Å². The molecule has 8 atom stereocenters. The van der Waals surface area contributed by atoms with E-state index in [4.69, 9.17) is 24.1 Å². The Morgan fingerprint density at radius 2 is 1.84 bits per heavy atom. The highest BCUT2D eigenvalue weighted by atomic mass is 19.3. The number of aliphatic hydroxyl groups excluding tert-OH is 6. The molecule has 0 aromatic heterocycles. The van der Waals surface area contributed by atoms with Gasteiger partial charge in [0.2, 0.25) is 12.5 Å². The molecule has 0 spiro atoms. The van der Waals surface area contributed by atoms with Crippen LogP contribution in [0.3, 0.4) is 0 Å². The molecule has 0 saturated carbocycles. The maximum atomic E-state index is 14.4. The number of halogens is 2. The average Bonchev–Trinajstić information content (AvgIpc) is 3.20. The molecule has 2 saturated heterocycles. The fourth-order valence-electron chi connectivity index (χ4n) is 4.35. The molecule has 19 heteroatoms. The van der Waals surface area contributed by atoms with Crippen LogP contribution in [0.2, 0.25) is 0 Å². The van der Waals surface area contributed by atoms with Crippen molar-refractivity contribution in [2.24, 2.45) is 4.99 Å². The number of benzene rings is 1. The zero-order valence-corrected chi connectivity index (χ0v) is 22.0. The summed E-state index contributed by atoms with van der Waals surface area (Å²) < 4.78 is 49.5. The predicted molar refractivity (Wildman–Crippen MR) is 135 cm³/mol. The fraction of sp³-hybridized carbons (Fsp3) is 0.500. The SMILES string of the molecule is C=C1N=C(NC(=O)OCc2ccc(O[C@@H]3OC(CO)[C@H](O)[C@H](O)C3O)c([N+](=O)[O-])c2)C=CN1[C@@H]1O[C@H](CO)C(O)C1(F)F. The first-order valence-electron chi connectivity index (χ1n) is 12.5. The number of nitro groups is 1. The van der Waals surface area contributed by atoms with Gasteiger partial charge in [-0.1, -0.05) is 12.6 Å². The van der Waals surface area contributed by atoms with E-state index in [-0.39, 0.29) is 17.2 Å². The van der Waals surface area contributed by atoms with Crippen molar-refractivity contribution in [2.45, 2.75) is 61.7 Å². The lowest BCUT2D eigenvalue weighted by Gasteiger charge is -2.39. The molecule has 3 heterocycles. The maximum Gasteiger partial charge on any atom is 0.413 e. The van der Waals surface area contributed by atoms with Gasteiger partial charge in [0.05, 0.1) is 18.1 Å². The zero-order chi connectivity index (χ0) is 31.6. The Balaban J connectivity index is 1.35. The second-order valence-corrected chi connectivity index (χ2v) is 9.54. The normalized spacial score (nSPS) is 31.9. The Morgan fingerprint density at radius 1 is 1.14 bits per heavy atom. The first-order valence-corrected chi connectivity index (χ1v) is 12.5. The number of hydrogen-bond acceptors (Lipinski definition) is 15. The van der Waals surface area contributed by atoms with Crippen LogP contribution in [0.4, 0.5) is 19.3 Å². The monoisotopic (exact) mass is 618 g/mol. The lowest BCUT2D eigenvalue weighted by Crippen LogP contribution is -2.60. The molecule has 1 aromatic rings. The number of hydrogen-bond donors (Lipinski definition) is 7. The number of aliphatic imine (C=N–C) groups is 1. The number of carbonyl (C=O) groups is 1. The van der Waals surface area contributed by atoms with Crippen molar-refractivity contribution < 1.29 is 68.1 Å². The molecule has 3 aliphatic heterocycles. The lowest BCUT2D eigenvalue weighted by atomic mass is 9.99. The van der Waals surface area contributed by atoms with Gasteiger partial charge in [-0.25, -0.2) is 9.79 Å². The Hall–Kier alpha value is -3.82. The molecular weight excluding hydrogens is 590 g/mol. The highest BCUT2D eigenvalue weighted by molar-refractivity contribution is 6.03. The molecule has 4 rings (SSSR count). The van der Waals surface area contributed by atoms with Crippen LogP contribution in [-0.4, -0.2) is 121 Å². The molecule has 3 aliphatic rings. The van der Waals surface area contributed by atoms with Gasteiger partial charge in [-0.2, -0.15) is 8.78 Å². The number of nitrogens with one attached hydrogen (secondary N) is 1. The molecule has 3 unspecified atom stereocenters. The quantitative estimate of drug-likeness (QED) is 0.128. The molecule has 0 radical (unpaired) electrons. The number of nitrogens with zero attached hydrogens (tertiary/aromatic N) is 3. The predicted octanol–water partition coefficient (Wildman–Crippen LogP) is -1.59. The largest absolute Gasteiger partial charge is 0.455 e. The molecule has 1 aromatic carbocycles. The molecule has 2 fully saturated rings. The molecule has 236 valence electrons. The first-order chi connectivity index (χ1) is 20.3. The third-order valence-corrected chi connectivity index (χ3v) is 6.66. The standard InChI is InChI=1S/C24H28F2N4O13/c1-10-27-16(4-5-29(10)22-24(25,26)20(36)15(8-32)43-22)28-23(37)40-9-11-2-3-13(12(6-11)30(38)39)41-21-19(35)18(34)17(33)14(7-31)42-21/h2-6,14-15,17-22,31-36H,1,7-9H2,(H,27,28,37)/t14?,15-,17+,18+,19?,20?,21-,22-/m1/s1. The van der Waals surface area contributed by atoms with Crippen molar-refractivity contribution in [2.75, 3.05) is 13.2 Å². The van der Waals surface area contributed by atoms with Gasteiger partial charge < -0.3 is 54.5 Å². The Labute approximate surface area is 240 Å². The van der Waals surface area contributed by atoms with E-state index >= 15 is 0 Å². The third kappa shape index (κ3) is 6.58. The van der Waals surface area contributed by atoms with Gasteiger partial charge in [0, 0.05) is 12.3 Å². The summed E-state index contributed by atoms with van der Waals surface area (Å²) >= 11 is 0. The maximum absolute atomic E-state index is 14.4. The number of amides is 1. The number of amidine groups is 1. The first kappa shape index (κ1) is 32.1. The van der Waals surface area contributed by atoms with Gasteiger partial charge in [0.1, 0.15) is 48.8 Å². The van der Waals surface area contributed by atoms with Gasteiger partial charge in [0.25, 0.3) is 0 Å². The van der Waals surface area contributed by atoms with Crippen LogP contribution in [0.25, 0.3) is 0 Å². The molecular formula is C24H28F2N4O13. The van der Waals surface area contributed by atoms with Crippen LogP contribution >= 0.6 is 0 Å². The van der Waals surface area contributed by atoms with Crippen molar-refractivity contribution in [1.82, 2.24) is 10.2 Å². The molecule has 43 heavy (non-hydrogen) atoms. The van der Waals surface area contributed by atoms with Gasteiger partial charge in [0.15, 0.2) is 11.9 Å². The number of carbonyl (C=O) groups excluding carboxylic acids is 1. The third-order valence-electron chi connectivity index (χ3n) is 6.66. The molecule has 17 nitrogen and oxygen atoms in total. The van der Waals surface area contributed by atoms with Crippen LogP contribution in [0.5, 0.6) is 5.75 Å². The van der Waals surface area contributed by atoms with Gasteiger partial charge in [-0.15, -0.1) is 0 Å². The second kappa shape index (κ2) is 12.8. The van der Waals surface area contributed by atoms with Crippen LogP contribution < -0.4 is 10.1 Å². The number of alkyl carbamates (subject to hydrolysis) is 1. The van der Waals surface area contributed by atoms with E-state index in [9.17, 15) is 49.2 Å². The van der Waals surface area contributed by atoms with Crippen molar-refractivity contribution >= 4 is 17.6 Å². The summed E-state index contributed by atoms with van der Waals surface area (Å²) in [6, 6.07) is 3.40. The van der Waals surface area contributed by atoms with E-state index in [0.29, 0.717) is 0 Å². The molecule has 0 bridgehead atoms. The average molecular weight is 618 g/mol. The highest BCUT2D eigenvalue weighted by Crippen LogP contribution is 2.40. The minimum atomic E-state index is -3.78. The zero-order valence-electron chi connectivity index (χ0n) is 22.0. The summed E-state index contributed by atoms with van der Waals surface area (Å²) in [5.74, 6) is -4.64. The number of rotatable bonds is 8. The van der Waals surface area contributed by atoms with Crippen LogP contribution in [-0.2, 0) is 20.8 Å². The van der Waals surface area contributed by atoms with Crippen molar-refractivity contribution in [3.05, 3.63) is 58.6 Å². The van der Waals surface area contributed by atoms with Gasteiger partial charge in [-0.05, 0) is 17.7 Å². The highest BCUT2D eigenvalue weighted by Gasteiger charge is 2.60. The number of ether oxygens (including phenoxy) is 4. The summed E-state index contributed by atoms with van der Waals surface area (Å²) in [5, 5.41) is 71.9. The number of aliphatic hydroxyl groups is 6. The fourth-order valence-corrected chi connectivity index (χ4v) is 4.35.